The predicted octanol–water partition coefficient (Wildman–Crippen LogP) is 3.62. The lowest BCUT2D eigenvalue weighted by Crippen LogP contribution is -2.34. The highest BCUT2D eigenvalue weighted by atomic mass is 32.1. The van der Waals surface area contributed by atoms with Gasteiger partial charge in [-0.2, -0.15) is 29.8 Å². The molecule has 0 saturated carbocycles. The molecular weight excluding hydrogens is 388 g/mol. The van der Waals surface area contributed by atoms with Gasteiger partial charge in [0.25, 0.3) is 0 Å². The van der Waals surface area contributed by atoms with Crippen molar-refractivity contribution in [1.29, 1.82) is 0 Å². The first-order valence-electron chi connectivity index (χ1n) is 9.45. The van der Waals surface area contributed by atoms with Crippen LogP contribution in [0.2, 0.25) is 0 Å². The fraction of sp³-hybridized carbons (Fsp3) is 0.364. The van der Waals surface area contributed by atoms with E-state index in [4.69, 9.17) is 4.74 Å². The number of esters is 1. The lowest BCUT2D eigenvalue weighted by Gasteiger charge is -2.20. The van der Waals surface area contributed by atoms with Gasteiger partial charge in [-0.3, -0.25) is 4.79 Å². The van der Waals surface area contributed by atoms with Gasteiger partial charge in [0, 0.05) is 42.4 Å². The number of ether oxygens (including phenoxy) is 1. The van der Waals surface area contributed by atoms with E-state index in [-0.39, 0.29) is 11.9 Å². The average molecular weight is 418 g/mol. The Bertz CT molecular complexity index is 774. The van der Waals surface area contributed by atoms with E-state index in [2.05, 4.69) is 90.3 Å². The van der Waals surface area contributed by atoms with Crippen LogP contribution >= 0.6 is 25.3 Å². The third-order valence-electron chi connectivity index (χ3n) is 4.54. The summed E-state index contributed by atoms with van der Waals surface area (Å²) in [5.74, 6) is 0.422. The second kappa shape index (κ2) is 11.8. The maximum Gasteiger partial charge on any atom is 0.310 e. The molecule has 0 aliphatic rings. The van der Waals surface area contributed by atoms with Crippen LogP contribution in [0.4, 0.5) is 5.69 Å². The van der Waals surface area contributed by atoms with E-state index in [0.29, 0.717) is 24.7 Å². The summed E-state index contributed by atoms with van der Waals surface area (Å²) in [5.41, 5.74) is 3.39. The minimum atomic E-state index is -0.251. The summed E-state index contributed by atoms with van der Waals surface area (Å²) in [7, 11) is 1.99. The van der Waals surface area contributed by atoms with Gasteiger partial charge in [-0.05, 0) is 36.8 Å². The van der Waals surface area contributed by atoms with E-state index in [9.17, 15) is 4.79 Å². The van der Waals surface area contributed by atoms with Crippen LogP contribution in [-0.4, -0.2) is 37.7 Å². The van der Waals surface area contributed by atoms with Crippen LogP contribution < -0.4 is 9.47 Å². The van der Waals surface area contributed by atoms with Crippen molar-refractivity contribution in [3.63, 3.8) is 0 Å². The topological polar surface area (TPSA) is 33.4 Å². The zero-order valence-electron chi connectivity index (χ0n) is 16.5. The fourth-order valence-corrected chi connectivity index (χ4v) is 3.45. The Balaban J connectivity index is 1.89. The van der Waals surface area contributed by atoms with Crippen LogP contribution in [0.15, 0.2) is 48.7 Å². The average Bonchev–Trinajstić information content (AvgIpc) is 2.73. The summed E-state index contributed by atoms with van der Waals surface area (Å²) in [5, 5.41) is 0. The van der Waals surface area contributed by atoms with Crippen molar-refractivity contribution in [2.45, 2.75) is 13.5 Å². The van der Waals surface area contributed by atoms with Crippen LogP contribution in [0.25, 0.3) is 12.2 Å². The van der Waals surface area contributed by atoms with E-state index < -0.39 is 0 Å². The van der Waals surface area contributed by atoms with Crippen molar-refractivity contribution in [3.8, 4) is 0 Å². The normalized spacial score (nSPS) is 11.2. The zero-order valence-corrected chi connectivity index (χ0v) is 18.3. The van der Waals surface area contributed by atoms with Gasteiger partial charge in [-0.15, -0.1) is 0 Å². The van der Waals surface area contributed by atoms with Crippen molar-refractivity contribution in [2.24, 2.45) is 5.92 Å². The maximum atomic E-state index is 11.9. The molecule has 0 aliphatic heterocycles. The van der Waals surface area contributed by atoms with E-state index in [1.54, 1.807) is 0 Å². The number of rotatable bonds is 10. The highest BCUT2D eigenvalue weighted by Gasteiger charge is 2.16. The van der Waals surface area contributed by atoms with Gasteiger partial charge >= 0.3 is 5.97 Å². The molecule has 0 amide bonds. The van der Waals surface area contributed by atoms with Crippen LogP contribution in [-0.2, 0) is 16.1 Å². The van der Waals surface area contributed by atoms with Crippen molar-refractivity contribution in [2.75, 3.05) is 36.6 Å². The molecule has 0 radical (unpaired) electrons. The molecule has 1 heterocycles. The Labute approximate surface area is 179 Å². The number of aromatic nitrogens is 1. The van der Waals surface area contributed by atoms with Crippen LogP contribution in [0.5, 0.6) is 0 Å². The van der Waals surface area contributed by atoms with Gasteiger partial charge in [-0.25, -0.2) is 0 Å². The summed E-state index contributed by atoms with van der Waals surface area (Å²) < 4.78 is 7.52. The molecule has 0 spiro atoms. The molecule has 1 aromatic heterocycles. The molecule has 0 fully saturated rings. The fourth-order valence-electron chi connectivity index (χ4n) is 2.69. The van der Waals surface area contributed by atoms with E-state index >= 15 is 0 Å². The molecule has 0 N–H and O–H groups in total. The molecule has 6 heteroatoms. The number of thiol groups is 2. The number of hydrogen-bond acceptors (Lipinski definition) is 5. The smallest absolute Gasteiger partial charge is 0.310 e. The van der Waals surface area contributed by atoms with E-state index in [1.807, 2.05) is 19.2 Å². The lowest BCUT2D eigenvalue weighted by molar-refractivity contribution is -0.695. The number of anilines is 1. The number of carbonyl (C=O) groups excluding carboxylic acids is 1. The summed E-state index contributed by atoms with van der Waals surface area (Å²) in [6, 6.07) is 14.5. The second-order valence-electron chi connectivity index (χ2n) is 6.49. The highest BCUT2D eigenvalue weighted by molar-refractivity contribution is 7.81. The first kappa shape index (κ1) is 22.4. The highest BCUT2D eigenvalue weighted by Crippen LogP contribution is 2.15. The molecule has 4 nitrogen and oxygen atoms in total. The Hall–Kier alpha value is -1.92. The molecule has 2 aromatic rings. The third-order valence-corrected chi connectivity index (χ3v) is 5.42. The first-order valence-corrected chi connectivity index (χ1v) is 10.7. The van der Waals surface area contributed by atoms with Crippen molar-refractivity contribution in [3.05, 3.63) is 59.9 Å². The van der Waals surface area contributed by atoms with Gasteiger partial charge in [0.05, 0.1) is 12.5 Å². The molecule has 0 unspecified atom stereocenters. The number of aryl methyl sites for hydroxylation is 1. The largest absolute Gasteiger partial charge is 0.464 e. The summed E-state index contributed by atoms with van der Waals surface area (Å²) >= 11 is 8.30. The van der Waals surface area contributed by atoms with E-state index in [0.717, 1.165) is 17.8 Å². The molecule has 28 heavy (non-hydrogen) atoms. The Kier molecular flexibility index (Phi) is 9.44. The molecule has 150 valence electrons. The zero-order chi connectivity index (χ0) is 20.4. The SMILES string of the molecule is CC[n+]1ccccc1/C=C/c1ccc(N(C)CCOC(=O)C(CS)CS)cc1. The van der Waals surface area contributed by atoms with Crippen LogP contribution in [0.1, 0.15) is 18.2 Å². The standard InChI is InChI=1S/C22H28N2O2S2/c1-3-24-13-5-4-6-21(24)12-9-18-7-10-20(11-8-18)23(2)14-15-26-22(25)19(16-27)17-28/h4-13,19H,3,14-17H2,1-2H3,(H-,27,28)/p+1. The quantitative estimate of drug-likeness (QED) is 0.352. The minimum absolute atomic E-state index is 0.232. The van der Waals surface area contributed by atoms with Crippen LogP contribution in [0, 0.1) is 5.92 Å². The van der Waals surface area contributed by atoms with Gasteiger partial charge < -0.3 is 9.64 Å². The van der Waals surface area contributed by atoms with Gasteiger partial charge in [0.2, 0.25) is 5.69 Å². The summed E-state index contributed by atoms with van der Waals surface area (Å²) in [6.07, 6.45) is 6.32. The number of carbonyl (C=O) groups is 1. The summed E-state index contributed by atoms with van der Waals surface area (Å²) in [6.45, 7) is 4.06. The number of pyridine rings is 1. The van der Waals surface area contributed by atoms with Gasteiger partial charge in [0.1, 0.15) is 13.2 Å². The second-order valence-corrected chi connectivity index (χ2v) is 7.22. The maximum absolute atomic E-state index is 11.9. The number of hydrogen-bond donors (Lipinski definition) is 2. The lowest BCUT2D eigenvalue weighted by atomic mass is 10.1. The molecule has 1 aromatic carbocycles. The monoisotopic (exact) mass is 417 g/mol. The third kappa shape index (κ3) is 6.60. The number of likely N-dealkylation sites (N-methyl/N-ethyl adjacent to an activating group) is 1. The Morgan fingerprint density at radius 1 is 1.14 bits per heavy atom. The Morgan fingerprint density at radius 2 is 1.86 bits per heavy atom. The molecule has 0 aliphatic carbocycles. The molecule has 0 atom stereocenters. The first-order chi connectivity index (χ1) is 13.6. The Morgan fingerprint density at radius 3 is 2.50 bits per heavy atom. The van der Waals surface area contributed by atoms with Crippen molar-refractivity contribution >= 4 is 49.1 Å². The van der Waals surface area contributed by atoms with Crippen molar-refractivity contribution < 1.29 is 14.1 Å². The number of benzene rings is 1. The summed E-state index contributed by atoms with van der Waals surface area (Å²) in [4.78, 5) is 13.9. The molecule has 0 saturated heterocycles. The molecular formula is C22H29N2O2S2+. The predicted molar refractivity (Wildman–Crippen MR) is 123 cm³/mol. The number of nitrogens with zero attached hydrogens (tertiary/aromatic N) is 2. The van der Waals surface area contributed by atoms with Crippen LogP contribution in [0.3, 0.4) is 0 Å². The molecule has 2 rings (SSSR count). The van der Waals surface area contributed by atoms with Crippen molar-refractivity contribution in [1.82, 2.24) is 0 Å². The minimum Gasteiger partial charge on any atom is -0.464 e. The molecule has 0 bridgehead atoms. The van der Waals surface area contributed by atoms with Gasteiger partial charge in [-0.1, -0.05) is 12.1 Å². The van der Waals surface area contributed by atoms with E-state index in [1.165, 1.54) is 5.69 Å². The van der Waals surface area contributed by atoms with Gasteiger partial charge in [0.15, 0.2) is 6.20 Å².